The molecule has 0 spiro atoms. The van der Waals surface area contributed by atoms with Gasteiger partial charge >= 0.3 is 12.2 Å². The number of carbonyl (C=O) groups excluding carboxylic acids is 2. The van der Waals surface area contributed by atoms with E-state index in [0.29, 0.717) is 18.6 Å². The lowest BCUT2D eigenvalue weighted by Gasteiger charge is -2.34. The van der Waals surface area contributed by atoms with Crippen LogP contribution in [0.3, 0.4) is 0 Å². The van der Waals surface area contributed by atoms with Gasteiger partial charge in [-0.3, -0.25) is 4.90 Å². The molecule has 0 aliphatic carbocycles. The summed E-state index contributed by atoms with van der Waals surface area (Å²) in [5.41, 5.74) is 0.787. The smallest absolute Gasteiger partial charge is 0.419 e. The molecule has 0 bridgehead atoms. The third-order valence-electron chi connectivity index (χ3n) is 4.25. The van der Waals surface area contributed by atoms with Crippen LogP contribution in [0.25, 0.3) is 11.0 Å². The minimum Gasteiger partial charge on any atom is -0.449 e. The van der Waals surface area contributed by atoms with E-state index in [1.807, 2.05) is 45.1 Å². The van der Waals surface area contributed by atoms with Gasteiger partial charge in [0.2, 0.25) is 0 Å². The molecule has 0 aromatic carbocycles. The number of ether oxygens (including phenoxy) is 2. The quantitative estimate of drug-likeness (QED) is 0.737. The molecule has 0 radical (unpaired) electrons. The Labute approximate surface area is 158 Å². The van der Waals surface area contributed by atoms with Crippen molar-refractivity contribution in [2.45, 2.75) is 45.8 Å². The van der Waals surface area contributed by atoms with Crippen molar-refractivity contribution >= 4 is 23.2 Å². The monoisotopic (exact) mass is 371 g/mol. The fourth-order valence-electron chi connectivity index (χ4n) is 3.17. The van der Waals surface area contributed by atoms with Crippen molar-refractivity contribution in [3.05, 3.63) is 42.2 Å². The van der Waals surface area contributed by atoms with Crippen LogP contribution in [-0.4, -0.2) is 45.4 Å². The first-order chi connectivity index (χ1) is 12.8. The summed E-state index contributed by atoms with van der Waals surface area (Å²) < 4.78 is 12.1. The summed E-state index contributed by atoms with van der Waals surface area (Å²) in [4.78, 5) is 31.1. The topological polar surface area (TPSA) is 73.7 Å². The summed E-state index contributed by atoms with van der Waals surface area (Å²) >= 11 is 0. The second kappa shape index (κ2) is 7.42. The van der Waals surface area contributed by atoms with Crippen LogP contribution in [0.4, 0.5) is 9.59 Å². The number of hydrogen-bond acceptors (Lipinski definition) is 5. The van der Waals surface area contributed by atoms with Gasteiger partial charge in [0, 0.05) is 29.9 Å². The molecule has 1 aliphatic heterocycles. The molecule has 7 nitrogen and oxygen atoms in total. The first-order valence-corrected chi connectivity index (χ1v) is 9.09. The van der Waals surface area contributed by atoms with Crippen LogP contribution in [0, 0.1) is 0 Å². The summed E-state index contributed by atoms with van der Waals surface area (Å²) in [5.74, 6) is 0. The van der Waals surface area contributed by atoms with Gasteiger partial charge in [-0.15, -0.1) is 0 Å². The van der Waals surface area contributed by atoms with Gasteiger partial charge in [-0.25, -0.2) is 19.1 Å². The summed E-state index contributed by atoms with van der Waals surface area (Å²) in [5, 5.41) is 0.819. The first kappa shape index (κ1) is 18.9. The van der Waals surface area contributed by atoms with Gasteiger partial charge in [-0.05, 0) is 46.2 Å². The zero-order valence-electron chi connectivity index (χ0n) is 16.1. The first-order valence-electron chi connectivity index (χ1n) is 9.09. The molecule has 0 saturated heterocycles. The van der Waals surface area contributed by atoms with E-state index in [0.717, 1.165) is 10.9 Å². The molecule has 2 aromatic rings. The Morgan fingerprint density at radius 3 is 2.74 bits per heavy atom. The zero-order chi connectivity index (χ0) is 19.6. The fraction of sp³-hybridized carbons (Fsp3) is 0.450. The Balaban J connectivity index is 2.03. The molecule has 0 fully saturated rings. The van der Waals surface area contributed by atoms with E-state index in [4.69, 9.17) is 9.47 Å². The highest BCUT2D eigenvalue weighted by molar-refractivity contribution is 5.90. The van der Waals surface area contributed by atoms with Gasteiger partial charge in [-0.1, -0.05) is 12.2 Å². The second-order valence-electron chi connectivity index (χ2n) is 7.38. The summed E-state index contributed by atoms with van der Waals surface area (Å²) in [7, 11) is 0. The fourth-order valence-corrected chi connectivity index (χ4v) is 3.17. The normalized spacial score (nSPS) is 17.2. The van der Waals surface area contributed by atoms with Crippen molar-refractivity contribution in [3.63, 3.8) is 0 Å². The van der Waals surface area contributed by atoms with Crippen LogP contribution < -0.4 is 0 Å². The van der Waals surface area contributed by atoms with Crippen molar-refractivity contribution in [3.8, 4) is 0 Å². The minimum absolute atomic E-state index is 0.243. The number of rotatable bonds is 2. The number of carbonyl (C=O) groups is 2. The van der Waals surface area contributed by atoms with Crippen LogP contribution in [0.2, 0.25) is 0 Å². The third-order valence-corrected chi connectivity index (χ3v) is 4.25. The molecule has 3 heterocycles. The van der Waals surface area contributed by atoms with Crippen molar-refractivity contribution < 1.29 is 19.1 Å². The van der Waals surface area contributed by atoms with E-state index in [-0.39, 0.29) is 18.7 Å². The molecule has 3 rings (SSSR count). The van der Waals surface area contributed by atoms with Crippen LogP contribution >= 0.6 is 0 Å². The summed E-state index contributed by atoms with van der Waals surface area (Å²) in [6.45, 7) is 8.01. The highest BCUT2D eigenvalue weighted by Crippen LogP contribution is 2.34. The highest BCUT2D eigenvalue weighted by atomic mass is 16.6. The van der Waals surface area contributed by atoms with E-state index in [2.05, 4.69) is 4.98 Å². The Kier molecular flexibility index (Phi) is 5.21. The maximum absolute atomic E-state index is 12.7. The van der Waals surface area contributed by atoms with Crippen molar-refractivity contribution in [2.75, 3.05) is 13.2 Å². The Morgan fingerprint density at radius 2 is 2.04 bits per heavy atom. The molecule has 2 aromatic heterocycles. The predicted octanol–water partition coefficient (Wildman–Crippen LogP) is 4.28. The van der Waals surface area contributed by atoms with E-state index in [1.54, 1.807) is 24.2 Å². The van der Waals surface area contributed by atoms with Crippen LogP contribution in [0.1, 0.15) is 45.7 Å². The number of fused-ring (bicyclic) bond motifs is 1. The average Bonchev–Trinajstić information content (AvgIpc) is 3.00. The number of amides is 1. The standard InChI is InChI=1S/C20H25N3O4/c1-5-26-18(24)23-13-15(14-9-8-11-21-17(14)23)16-10-6-7-12-22(16)19(25)27-20(2,3)4/h6-9,11,13,16H,5,10,12H2,1-4H3. The highest BCUT2D eigenvalue weighted by Gasteiger charge is 2.32. The lowest BCUT2D eigenvalue weighted by Crippen LogP contribution is -2.40. The molecular formula is C20H25N3O4. The van der Waals surface area contributed by atoms with Crippen molar-refractivity contribution in [1.82, 2.24) is 14.5 Å². The van der Waals surface area contributed by atoms with E-state index in [1.165, 1.54) is 4.57 Å². The minimum atomic E-state index is -0.580. The van der Waals surface area contributed by atoms with Gasteiger partial charge in [0.1, 0.15) is 11.2 Å². The zero-order valence-corrected chi connectivity index (χ0v) is 16.1. The van der Waals surface area contributed by atoms with Gasteiger partial charge < -0.3 is 9.47 Å². The number of nitrogens with zero attached hydrogens (tertiary/aromatic N) is 3. The van der Waals surface area contributed by atoms with E-state index in [9.17, 15) is 9.59 Å². The summed E-state index contributed by atoms with van der Waals surface area (Å²) in [6.07, 6.45) is 7.11. The van der Waals surface area contributed by atoms with Gasteiger partial charge in [0.15, 0.2) is 0 Å². The lowest BCUT2D eigenvalue weighted by molar-refractivity contribution is 0.0177. The van der Waals surface area contributed by atoms with Gasteiger partial charge in [0.25, 0.3) is 0 Å². The molecule has 0 N–H and O–H groups in total. The second-order valence-corrected chi connectivity index (χ2v) is 7.38. The molecule has 1 amide bonds. The Hall–Kier alpha value is -2.83. The number of pyridine rings is 1. The Morgan fingerprint density at radius 1 is 1.26 bits per heavy atom. The summed E-state index contributed by atoms with van der Waals surface area (Å²) in [6, 6.07) is 3.48. The predicted molar refractivity (Wildman–Crippen MR) is 102 cm³/mol. The molecule has 7 heteroatoms. The van der Waals surface area contributed by atoms with E-state index < -0.39 is 11.7 Å². The average molecular weight is 371 g/mol. The lowest BCUT2D eigenvalue weighted by atomic mass is 9.99. The molecule has 1 unspecified atom stereocenters. The van der Waals surface area contributed by atoms with Crippen LogP contribution in [0.5, 0.6) is 0 Å². The van der Waals surface area contributed by atoms with Crippen LogP contribution in [-0.2, 0) is 9.47 Å². The van der Waals surface area contributed by atoms with Gasteiger partial charge in [-0.2, -0.15) is 0 Å². The Bertz CT molecular complexity index is 879. The molecule has 144 valence electrons. The van der Waals surface area contributed by atoms with E-state index >= 15 is 0 Å². The molecular weight excluding hydrogens is 346 g/mol. The number of aromatic nitrogens is 2. The third kappa shape index (κ3) is 3.97. The SMILES string of the molecule is CCOC(=O)n1cc(C2CC=CCN2C(=O)OC(C)(C)C)c2cccnc21. The molecule has 27 heavy (non-hydrogen) atoms. The largest absolute Gasteiger partial charge is 0.449 e. The van der Waals surface area contributed by atoms with Crippen molar-refractivity contribution in [1.29, 1.82) is 0 Å². The maximum atomic E-state index is 12.7. The van der Waals surface area contributed by atoms with Gasteiger partial charge in [0.05, 0.1) is 12.6 Å². The number of hydrogen-bond donors (Lipinski definition) is 0. The van der Waals surface area contributed by atoms with Crippen molar-refractivity contribution in [2.24, 2.45) is 0 Å². The molecule has 1 aliphatic rings. The molecule has 1 atom stereocenters. The molecule has 0 saturated carbocycles. The van der Waals surface area contributed by atoms with Crippen LogP contribution in [0.15, 0.2) is 36.7 Å². The maximum Gasteiger partial charge on any atom is 0.419 e.